The highest BCUT2D eigenvalue weighted by molar-refractivity contribution is 7.99. The molecule has 0 atom stereocenters. The van der Waals surface area contributed by atoms with E-state index >= 15 is 0 Å². The summed E-state index contributed by atoms with van der Waals surface area (Å²) in [7, 11) is 0. The molecule has 0 fully saturated rings. The first-order valence-corrected chi connectivity index (χ1v) is 19.4. The molecule has 256 valence electrons. The van der Waals surface area contributed by atoms with Gasteiger partial charge in [-0.2, -0.15) is 0 Å². The van der Waals surface area contributed by atoms with Crippen LogP contribution < -0.4 is 0 Å². The van der Waals surface area contributed by atoms with Crippen LogP contribution in [0.15, 0.2) is 192 Å². The summed E-state index contributed by atoms with van der Waals surface area (Å²) in [4.78, 5) is 13.3. The second-order valence-corrected chi connectivity index (χ2v) is 15.3. The van der Waals surface area contributed by atoms with E-state index in [1.165, 1.54) is 70.3 Å². The van der Waals surface area contributed by atoms with Crippen LogP contribution in [0.1, 0.15) is 0 Å². The normalized spacial score (nSPS) is 12.3. The molecule has 0 N–H and O–H groups in total. The highest BCUT2D eigenvalue weighted by Crippen LogP contribution is 2.51. The second kappa shape index (κ2) is 11.8. The van der Waals surface area contributed by atoms with Crippen LogP contribution in [0.25, 0.3) is 99.7 Å². The summed E-state index contributed by atoms with van der Waals surface area (Å²) >= 11 is 1.85. The molecule has 55 heavy (non-hydrogen) atoms. The van der Waals surface area contributed by atoms with Crippen LogP contribution in [-0.4, -0.2) is 19.1 Å². The van der Waals surface area contributed by atoms with Crippen LogP contribution in [0.5, 0.6) is 0 Å². The summed E-state index contributed by atoms with van der Waals surface area (Å²) in [6.07, 6.45) is 0. The molecule has 4 nitrogen and oxygen atoms in total. The lowest BCUT2D eigenvalue weighted by Gasteiger charge is -2.20. The Morgan fingerprint density at radius 1 is 0.382 bits per heavy atom. The van der Waals surface area contributed by atoms with Gasteiger partial charge in [0.1, 0.15) is 0 Å². The molecular weight excluding hydrogens is 689 g/mol. The molecule has 0 bridgehead atoms. The van der Waals surface area contributed by atoms with Gasteiger partial charge in [0.15, 0.2) is 0 Å². The van der Waals surface area contributed by atoms with E-state index in [-0.39, 0.29) is 0 Å². The Bertz CT molecular complexity index is 3330. The average Bonchev–Trinajstić information content (AvgIpc) is 3.77. The van der Waals surface area contributed by atoms with Crippen LogP contribution in [0.2, 0.25) is 0 Å². The maximum Gasteiger partial charge on any atom is 0.235 e. The molecule has 0 radical (unpaired) electrons. The van der Waals surface area contributed by atoms with E-state index < -0.39 is 0 Å². The van der Waals surface area contributed by atoms with Gasteiger partial charge in [0.2, 0.25) is 5.95 Å². The topological polar surface area (TPSA) is 35.6 Å². The first kappa shape index (κ1) is 30.5. The standard InChI is InChI=1S/C50H30N4S/c1-3-13-31(14-4-1)33-23-25-34(26-24-33)48-36-17-7-9-19-39(36)51-50(52-48)54-41-28-27-35(32-15-5-2-6-16-32)29-38(41)46-43(54)30-45-49-47(46)37-18-8-10-20-40(37)53(49)42-21-11-12-22-44(42)55-45/h1-30H. The Hall–Kier alpha value is -6.95. The van der Waals surface area contributed by atoms with Crippen LogP contribution in [-0.2, 0) is 0 Å². The predicted molar refractivity (Wildman–Crippen MR) is 229 cm³/mol. The monoisotopic (exact) mass is 718 g/mol. The van der Waals surface area contributed by atoms with Gasteiger partial charge in [-0.3, -0.25) is 4.57 Å². The van der Waals surface area contributed by atoms with Crippen molar-refractivity contribution in [1.82, 2.24) is 19.1 Å². The summed E-state index contributed by atoms with van der Waals surface area (Å²) < 4.78 is 4.77. The van der Waals surface area contributed by atoms with Gasteiger partial charge in [-0.15, -0.1) is 0 Å². The molecule has 1 aliphatic rings. The molecule has 0 unspecified atom stereocenters. The Balaban J connectivity index is 1.19. The van der Waals surface area contributed by atoms with Crippen LogP contribution in [0, 0.1) is 0 Å². The molecule has 0 aliphatic carbocycles. The fourth-order valence-corrected chi connectivity index (χ4v) is 9.77. The van der Waals surface area contributed by atoms with Crippen molar-refractivity contribution < 1.29 is 0 Å². The smallest absolute Gasteiger partial charge is 0.235 e. The van der Waals surface area contributed by atoms with E-state index in [9.17, 15) is 0 Å². The Morgan fingerprint density at radius 3 is 1.82 bits per heavy atom. The quantitative estimate of drug-likeness (QED) is 0.182. The minimum Gasteiger partial charge on any atom is -0.307 e. The van der Waals surface area contributed by atoms with Gasteiger partial charge in [-0.05, 0) is 64.7 Å². The molecule has 0 spiro atoms. The summed E-state index contributed by atoms with van der Waals surface area (Å²) in [6, 6.07) is 65.2. The van der Waals surface area contributed by atoms with Crippen molar-refractivity contribution in [1.29, 1.82) is 0 Å². The third-order valence-corrected chi connectivity index (χ3v) is 12.2. The molecule has 8 aromatic carbocycles. The zero-order chi connectivity index (χ0) is 36.0. The van der Waals surface area contributed by atoms with Crippen molar-refractivity contribution in [3.05, 3.63) is 182 Å². The van der Waals surface area contributed by atoms with E-state index in [0.717, 1.165) is 33.2 Å². The maximum atomic E-state index is 5.49. The fraction of sp³-hybridized carbons (Fsp3) is 0. The molecule has 0 saturated heterocycles. The number of fused-ring (bicyclic) bond motifs is 10. The fourth-order valence-electron chi connectivity index (χ4n) is 8.66. The molecule has 5 heteroatoms. The number of para-hydroxylation sites is 3. The van der Waals surface area contributed by atoms with E-state index in [1.54, 1.807) is 0 Å². The summed E-state index contributed by atoms with van der Waals surface area (Å²) in [5.41, 5.74) is 13.5. The van der Waals surface area contributed by atoms with Crippen molar-refractivity contribution in [2.24, 2.45) is 0 Å². The zero-order valence-electron chi connectivity index (χ0n) is 29.5. The number of rotatable bonds is 4. The molecule has 11 aromatic rings. The van der Waals surface area contributed by atoms with E-state index in [4.69, 9.17) is 9.97 Å². The molecular formula is C50H30N4S. The number of nitrogens with zero attached hydrogens (tertiary/aromatic N) is 4. The molecule has 0 saturated carbocycles. The van der Waals surface area contributed by atoms with Gasteiger partial charge < -0.3 is 4.57 Å². The number of benzene rings is 8. The Morgan fingerprint density at radius 2 is 1.00 bits per heavy atom. The third kappa shape index (κ3) is 4.54. The number of aromatic nitrogens is 4. The van der Waals surface area contributed by atoms with Gasteiger partial charge in [0, 0.05) is 42.3 Å². The van der Waals surface area contributed by atoms with E-state index in [0.29, 0.717) is 5.95 Å². The molecule has 12 rings (SSSR count). The lowest BCUT2D eigenvalue weighted by Crippen LogP contribution is -2.04. The number of hydrogen-bond donors (Lipinski definition) is 0. The molecule has 0 amide bonds. The van der Waals surface area contributed by atoms with Crippen molar-refractivity contribution in [3.8, 4) is 45.1 Å². The highest BCUT2D eigenvalue weighted by atomic mass is 32.2. The second-order valence-electron chi connectivity index (χ2n) is 14.2. The third-order valence-electron chi connectivity index (χ3n) is 11.1. The van der Waals surface area contributed by atoms with E-state index in [1.807, 2.05) is 11.8 Å². The average molecular weight is 719 g/mol. The van der Waals surface area contributed by atoms with Gasteiger partial charge in [0.25, 0.3) is 0 Å². The molecule has 4 heterocycles. The van der Waals surface area contributed by atoms with Gasteiger partial charge in [0.05, 0.1) is 39.0 Å². The van der Waals surface area contributed by atoms with Crippen LogP contribution >= 0.6 is 11.8 Å². The van der Waals surface area contributed by atoms with Crippen molar-refractivity contribution in [3.63, 3.8) is 0 Å². The minimum atomic E-state index is 0.657. The Kier molecular flexibility index (Phi) is 6.53. The lowest BCUT2D eigenvalue weighted by atomic mass is 10.0. The summed E-state index contributed by atoms with van der Waals surface area (Å²) in [6.45, 7) is 0. The first-order chi connectivity index (χ1) is 27.3. The predicted octanol–water partition coefficient (Wildman–Crippen LogP) is 13.3. The molecule has 3 aromatic heterocycles. The van der Waals surface area contributed by atoms with Gasteiger partial charge in [-0.25, -0.2) is 9.97 Å². The lowest BCUT2D eigenvalue weighted by molar-refractivity contribution is 1.01. The van der Waals surface area contributed by atoms with E-state index in [2.05, 4.69) is 191 Å². The summed E-state index contributed by atoms with van der Waals surface area (Å²) in [5.74, 6) is 0.657. The first-order valence-electron chi connectivity index (χ1n) is 18.6. The van der Waals surface area contributed by atoms with Crippen molar-refractivity contribution in [2.75, 3.05) is 0 Å². The van der Waals surface area contributed by atoms with Crippen LogP contribution in [0.4, 0.5) is 0 Å². The van der Waals surface area contributed by atoms with Crippen LogP contribution in [0.3, 0.4) is 0 Å². The van der Waals surface area contributed by atoms with Gasteiger partial charge >= 0.3 is 0 Å². The van der Waals surface area contributed by atoms with Gasteiger partial charge in [-0.1, -0.05) is 151 Å². The van der Waals surface area contributed by atoms with Crippen molar-refractivity contribution in [2.45, 2.75) is 9.79 Å². The summed E-state index contributed by atoms with van der Waals surface area (Å²) in [5, 5.41) is 5.92. The Labute approximate surface area is 321 Å². The SMILES string of the molecule is c1ccc(-c2ccc(-c3nc(-n4c5ccc(-c6ccccc6)cc5c5c6c7ccccc7n7c6c(cc54)Sc4ccccc4-7)nc4ccccc34)cc2)cc1. The highest BCUT2D eigenvalue weighted by Gasteiger charge is 2.28. The largest absolute Gasteiger partial charge is 0.307 e. The maximum absolute atomic E-state index is 5.49. The zero-order valence-corrected chi connectivity index (χ0v) is 30.3. The number of hydrogen-bond acceptors (Lipinski definition) is 3. The minimum absolute atomic E-state index is 0.657. The molecule has 1 aliphatic heterocycles. The van der Waals surface area contributed by atoms with Crippen molar-refractivity contribution >= 4 is 66.3 Å².